The number of carbonyl (C=O) groups excluding carboxylic acids is 1. The van der Waals surface area contributed by atoms with Gasteiger partial charge in [0.05, 0.1) is 7.11 Å². The van der Waals surface area contributed by atoms with Gasteiger partial charge < -0.3 is 9.47 Å². The molecule has 0 aliphatic carbocycles. The van der Waals surface area contributed by atoms with Gasteiger partial charge in [0.25, 0.3) is 0 Å². The SMILES string of the molecule is COc1ccc(-c2ccc(OC(C)=O)c(-c3ccccc3)c2)cc1-c1ccccc1. The lowest BCUT2D eigenvalue weighted by Gasteiger charge is -2.14. The average molecular weight is 394 g/mol. The first-order valence-corrected chi connectivity index (χ1v) is 9.77. The van der Waals surface area contributed by atoms with Gasteiger partial charge in [-0.15, -0.1) is 0 Å². The number of ether oxygens (including phenoxy) is 2. The van der Waals surface area contributed by atoms with E-state index in [0.717, 1.165) is 39.1 Å². The summed E-state index contributed by atoms with van der Waals surface area (Å²) in [6.07, 6.45) is 0. The molecule has 0 bridgehead atoms. The predicted molar refractivity (Wildman–Crippen MR) is 121 cm³/mol. The van der Waals surface area contributed by atoms with E-state index in [-0.39, 0.29) is 5.97 Å². The van der Waals surface area contributed by atoms with Crippen LogP contribution in [0.3, 0.4) is 0 Å². The van der Waals surface area contributed by atoms with Gasteiger partial charge in [-0.1, -0.05) is 72.8 Å². The predicted octanol–water partition coefficient (Wildman–Crippen LogP) is 6.62. The molecule has 0 aromatic heterocycles. The number of methoxy groups -OCH3 is 1. The molecule has 0 aliphatic heterocycles. The average Bonchev–Trinajstić information content (AvgIpc) is 2.80. The van der Waals surface area contributed by atoms with Gasteiger partial charge in [-0.25, -0.2) is 0 Å². The molecule has 0 unspecified atom stereocenters. The summed E-state index contributed by atoms with van der Waals surface area (Å²) >= 11 is 0. The van der Waals surface area contributed by atoms with E-state index >= 15 is 0 Å². The third-order valence-electron chi connectivity index (χ3n) is 4.94. The Hall–Kier alpha value is -3.85. The number of rotatable bonds is 5. The molecular weight excluding hydrogens is 372 g/mol. The van der Waals surface area contributed by atoms with Crippen LogP contribution in [0.5, 0.6) is 11.5 Å². The summed E-state index contributed by atoms with van der Waals surface area (Å²) in [6, 6.07) is 32.1. The largest absolute Gasteiger partial charge is 0.496 e. The second-order valence-corrected chi connectivity index (χ2v) is 6.95. The van der Waals surface area contributed by atoms with E-state index in [4.69, 9.17) is 9.47 Å². The van der Waals surface area contributed by atoms with Crippen molar-refractivity contribution in [2.45, 2.75) is 6.92 Å². The summed E-state index contributed by atoms with van der Waals surface area (Å²) in [4.78, 5) is 11.6. The van der Waals surface area contributed by atoms with Crippen LogP contribution in [-0.2, 0) is 4.79 Å². The van der Waals surface area contributed by atoms with Crippen LogP contribution in [0.15, 0.2) is 97.1 Å². The van der Waals surface area contributed by atoms with Gasteiger partial charge in [-0.2, -0.15) is 0 Å². The summed E-state index contributed by atoms with van der Waals surface area (Å²) in [7, 11) is 1.68. The second-order valence-electron chi connectivity index (χ2n) is 6.95. The van der Waals surface area contributed by atoms with Crippen LogP contribution in [0.4, 0.5) is 0 Å². The van der Waals surface area contributed by atoms with Gasteiger partial charge in [0.1, 0.15) is 11.5 Å². The molecule has 148 valence electrons. The Kier molecular flexibility index (Phi) is 5.62. The van der Waals surface area contributed by atoms with Gasteiger partial charge in [0.15, 0.2) is 0 Å². The maximum atomic E-state index is 11.6. The molecule has 0 fully saturated rings. The lowest BCUT2D eigenvalue weighted by Crippen LogP contribution is -2.02. The van der Waals surface area contributed by atoms with E-state index in [1.165, 1.54) is 6.92 Å². The topological polar surface area (TPSA) is 35.5 Å². The first-order chi connectivity index (χ1) is 14.7. The van der Waals surface area contributed by atoms with Gasteiger partial charge in [0.2, 0.25) is 0 Å². The monoisotopic (exact) mass is 394 g/mol. The Balaban J connectivity index is 1.84. The van der Waals surface area contributed by atoms with Crippen LogP contribution in [-0.4, -0.2) is 13.1 Å². The molecule has 0 radical (unpaired) electrons. The standard InChI is InChI=1S/C27H22O3/c1-19(28)30-27-16-14-23(18-25(27)21-11-7-4-8-12-21)22-13-15-26(29-2)24(17-22)20-9-5-3-6-10-20/h3-18H,1-2H3. The molecule has 0 atom stereocenters. The minimum Gasteiger partial charge on any atom is -0.496 e. The highest BCUT2D eigenvalue weighted by Crippen LogP contribution is 2.38. The van der Waals surface area contributed by atoms with Crippen molar-refractivity contribution in [1.82, 2.24) is 0 Å². The van der Waals surface area contributed by atoms with Crippen molar-refractivity contribution in [3.63, 3.8) is 0 Å². The van der Waals surface area contributed by atoms with Crippen LogP contribution in [0, 0.1) is 0 Å². The minimum atomic E-state index is -0.337. The number of esters is 1. The lowest BCUT2D eigenvalue weighted by atomic mass is 9.95. The van der Waals surface area contributed by atoms with E-state index in [0.29, 0.717) is 5.75 Å². The maximum absolute atomic E-state index is 11.6. The van der Waals surface area contributed by atoms with Crippen molar-refractivity contribution >= 4 is 5.97 Å². The molecule has 0 N–H and O–H groups in total. The Labute approximate surface area is 176 Å². The fourth-order valence-electron chi connectivity index (χ4n) is 3.53. The molecule has 4 aromatic rings. The summed E-state index contributed by atoms with van der Waals surface area (Å²) in [5.74, 6) is 1.04. The fraction of sp³-hybridized carbons (Fsp3) is 0.0741. The lowest BCUT2D eigenvalue weighted by molar-refractivity contribution is -0.131. The molecule has 30 heavy (non-hydrogen) atoms. The van der Waals surface area contributed by atoms with Gasteiger partial charge in [-0.3, -0.25) is 4.79 Å². The van der Waals surface area contributed by atoms with Crippen LogP contribution in [0.1, 0.15) is 6.92 Å². The zero-order valence-corrected chi connectivity index (χ0v) is 17.0. The minimum absolute atomic E-state index is 0.337. The van der Waals surface area contributed by atoms with E-state index in [1.54, 1.807) is 7.11 Å². The van der Waals surface area contributed by atoms with Crippen molar-refractivity contribution in [2.24, 2.45) is 0 Å². The molecule has 3 nitrogen and oxygen atoms in total. The van der Waals surface area contributed by atoms with E-state index < -0.39 is 0 Å². The van der Waals surface area contributed by atoms with E-state index in [1.807, 2.05) is 72.8 Å². The Bertz CT molecular complexity index is 1170. The zero-order valence-electron chi connectivity index (χ0n) is 17.0. The summed E-state index contributed by atoms with van der Waals surface area (Å²) < 4.78 is 11.1. The van der Waals surface area contributed by atoms with Crippen LogP contribution in [0.25, 0.3) is 33.4 Å². The normalized spacial score (nSPS) is 10.5. The van der Waals surface area contributed by atoms with Crippen molar-refractivity contribution in [1.29, 1.82) is 0 Å². The summed E-state index contributed by atoms with van der Waals surface area (Å²) in [6.45, 7) is 1.41. The van der Waals surface area contributed by atoms with Crippen molar-refractivity contribution in [2.75, 3.05) is 7.11 Å². The van der Waals surface area contributed by atoms with Gasteiger partial charge in [0, 0.05) is 18.1 Å². The highest BCUT2D eigenvalue weighted by Gasteiger charge is 2.13. The molecule has 0 amide bonds. The zero-order chi connectivity index (χ0) is 20.9. The van der Waals surface area contributed by atoms with Crippen molar-refractivity contribution in [3.8, 4) is 44.9 Å². The van der Waals surface area contributed by atoms with Crippen molar-refractivity contribution < 1.29 is 14.3 Å². The third-order valence-corrected chi connectivity index (χ3v) is 4.94. The molecule has 0 heterocycles. The molecule has 0 saturated heterocycles. The van der Waals surface area contributed by atoms with Crippen LogP contribution < -0.4 is 9.47 Å². The third kappa shape index (κ3) is 4.11. The first kappa shape index (κ1) is 19.5. The van der Waals surface area contributed by atoms with Gasteiger partial charge >= 0.3 is 5.97 Å². The molecule has 0 saturated carbocycles. The summed E-state index contributed by atoms with van der Waals surface area (Å²) in [5.41, 5.74) is 6.08. The molecule has 4 aromatic carbocycles. The Morgan fingerprint density at radius 2 is 1.07 bits per heavy atom. The fourth-order valence-corrected chi connectivity index (χ4v) is 3.53. The second kappa shape index (κ2) is 8.66. The van der Waals surface area contributed by atoms with E-state index in [9.17, 15) is 4.79 Å². The Morgan fingerprint density at radius 1 is 0.600 bits per heavy atom. The molecule has 0 spiro atoms. The van der Waals surface area contributed by atoms with E-state index in [2.05, 4.69) is 24.3 Å². The number of carbonyl (C=O) groups is 1. The number of hydrogen-bond donors (Lipinski definition) is 0. The highest BCUT2D eigenvalue weighted by atomic mass is 16.5. The number of hydrogen-bond acceptors (Lipinski definition) is 3. The first-order valence-electron chi connectivity index (χ1n) is 9.77. The number of benzene rings is 4. The maximum Gasteiger partial charge on any atom is 0.308 e. The summed E-state index contributed by atoms with van der Waals surface area (Å²) in [5, 5.41) is 0. The Morgan fingerprint density at radius 3 is 1.53 bits per heavy atom. The molecule has 4 rings (SSSR count). The molecule has 3 heteroatoms. The van der Waals surface area contributed by atoms with Crippen LogP contribution in [0.2, 0.25) is 0 Å². The quantitative estimate of drug-likeness (QED) is 0.282. The van der Waals surface area contributed by atoms with Crippen LogP contribution >= 0.6 is 0 Å². The molecule has 0 aliphatic rings. The van der Waals surface area contributed by atoms with Gasteiger partial charge in [-0.05, 0) is 46.5 Å². The van der Waals surface area contributed by atoms with Crippen molar-refractivity contribution in [3.05, 3.63) is 97.1 Å². The smallest absolute Gasteiger partial charge is 0.308 e. The highest BCUT2D eigenvalue weighted by molar-refractivity contribution is 5.83. The molecular formula is C27H22O3.